The van der Waals surface area contributed by atoms with Crippen molar-refractivity contribution in [2.45, 2.75) is 44.8 Å². The molecule has 0 radical (unpaired) electrons. The summed E-state index contributed by atoms with van der Waals surface area (Å²) in [6.07, 6.45) is 7.73. The highest BCUT2D eigenvalue weighted by molar-refractivity contribution is 5.95. The van der Waals surface area contributed by atoms with Crippen LogP contribution < -0.4 is 15.8 Å². The first-order chi connectivity index (χ1) is 12.7. The predicted octanol–water partition coefficient (Wildman–Crippen LogP) is 3.72. The molecule has 1 saturated carbocycles. The number of nitrogens with two attached hydrogens (primary N) is 1. The molecule has 0 atom stereocenters. The summed E-state index contributed by atoms with van der Waals surface area (Å²) in [6, 6.07) is 10.0. The first-order valence-corrected chi connectivity index (χ1v) is 9.05. The molecule has 0 amide bonds. The molecule has 1 aliphatic carbocycles. The van der Waals surface area contributed by atoms with Crippen LogP contribution in [0.5, 0.6) is 5.75 Å². The molecule has 3 aromatic rings. The Kier molecular flexibility index (Phi) is 4.56. The molecule has 26 heavy (non-hydrogen) atoms. The van der Waals surface area contributed by atoms with Crippen molar-refractivity contribution < 1.29 is 4.74 Å². The topological polar surface area (TPSA) is 86.0 Å². The fourth-order valence-corrected chi connectivity index (χ4v) is 3.58. The van der Waals surface area contributed by atoms with Gasteiger partial charge in [0.1, 0.15) is 5.75 Å². The number of ether oxygens (including phenoxy) is 1. The summed E-state index contributed by atoms with van der Waals surface area (Å²) in [5, 5.41) is 4.32. The van der Waals surface area contributed by atoms with Crippen molar-refractivity contribution in [3.8, 4) is 5.75 Å². The number of hydrogen-bond acceptors (Lipinski definition) is 6. The monoisotopic (exact) mass is 349 g/mol. The standard InChI is InChI=1S/C20H23N5O/c1-13-12-16(21)19-17(24-13)4-2-5-18(19)26-15-8-6-14(7-9-15)25-20-22-10-3-11-23-20/h2-5,10-12,14-15H,6-9H2,1H3,(H2,21,24)(H,22,23,25). The van der Waals surface area contributed by atoms with E-state index in [4.69, 9.17) is 10.5 Å². The van der Waals surface area contributed by atoms with Crippen molar-refractivity contribution in [1.82, 2.24) is 15.0 Å². The normalized spacial score (nSPS) is 20.0. The lowest BCUT2D eigenvalue weighted by Gasteiger charge is -2.29. The van der Waals surface area contributed by atoms with E-state index in [2.05, 4.69) is 20.3 Å². The molecule has 4 rings (SSSR count). The molecule has 6 heteroatoms. The van der Waals surface area contributed by atoms with Gasteiger partial charge in [-0.15, -0.1) is 0 Å². The average molecular weight is 349 g/mol. The largest absolute Gasteiger partial charge is 0.490 e. The van der Waals surface area contributed by atoms with Crippen LogP contribution in [0.2, 0.25) is 0 Å². The molecule has 0 bridgehead atoms. The van der Waals surface area contributed by atoms with Crippen molar-refractivity contribution in [3.05, 3.63) is 48.4 Å². The van der Waals surface area contributed by atoms with E-state index >= 15 is 0 Å². The van der Waals surface area contributed by atoms with Crippen molar-refractivity contribution in [2.24, 2.45) is 0 Å². The minimum atomic E-state index is 0.191. The Morgan fingerprint density at radius 2 is 1.85 bits per heavy atom. The molecule has 2 heterocycles. The molecule has 0 saturated heterocycles. The van der Waals surface area contributed by atoms with Crippen LogP contribution in [-0.2, 0) is 0 Å². The fraction of sp³-hybridized carbons (Fsp3) is 0.350. The lowest BCUT2D eigenvalue weighted by Crippen LogP contribution is -2.31. The summed E-state index contributed by atoms with van der Waals surface area (Å²) in [5.74, 6) is 1.52. The molecule has 3 N–H and O–H groups in total. The quantitative estimate of drug-likeness (QED) is 0.747. The second-order valence-corrected chi connectivity index (χ2v) is 6.81. The maximum atomic E-state index is 6.31. The van der Waals surface area contributed by atoms with E-state index in [0.29, 0.717) is 12.0 Å². The highest BCUT2D eigenvalue weighted by Crippen LogP contribution is 2.33. The summed E-state index contributed by atoms with van der Waals surface area (Å²) in [7, 11) is 0. The second kappa shape index (κ2) is 7.15. The minimum Gasteiger partial charge on any atom is -0.490 e. The van der Waals surface area contributed by atoms with Crippen LogP contribution in [0.3, 0.4) is 0 Å². The van der Waals surface area contributed by atoms with E-state index in [-0.39, 0.29) is 6.10 Å². The van der Waals surface area contributed by atoms with Gasteiger partial charge in [0.05, 0.1) is 17.0 Å². The Bertz CT molecular complexity index is 891. The van der Waals surface area contributed by atoms with Crippen molar-refractivity contribution in [3.63, 3.8) is 0 Å². The number of nitrogen functional groups attached to an aromatic ring is 1. The Hall–Kier alpha value is -2.89. The van der Waals surface area contributed by atoms with Gasteiger partial charge in [-0.2, -0.15) is 0 Å². The van der Waals surface area contributed by atoms with Crippen LogP contribution in [0.4, 0.5) is 11.6 Å². The maximum absolute atomic E-state index is 6.31. The molecule has 6 nitrogen and oxygen atoms in total. The van der Waals surface area contributed by atoms with Crippen molar-refractivity contribution in [2.75, 3.05) is 11.1 Å². The summed E-state index contributed by atoms with van der Waals surface area (Å²) < 4.78 is 6.31. The molecular formula is C20H23N5O. The van der Waals surface area contributed by atoms with Gasteiger partial charge in [0.15, 0.2) is 0 Å². The zero-order chi connectivity index (χ0) is 17.9. The number of rotatable bonds is 4. The van der Waals surface area contributed by atoms with E-state index in [1.807, 2.05) is 37.3 Å². The Balaban J connectivity index is 1.43. The third-order valence-corrected chi connectivity index (χ3v) is 4.82. The number of anilines is 2. The summed E-state index contributed by atoms with van der Waals surface area (Å²) in [6.45, 7) is 1.95. The van der Waals surface area contributed by atoms with Crippen molar-refractivity contribution >= 4 is 22.5 Å². The number of aryl methyl sites for hydroxylation is 1. The summed E-state index contributed by atoms with van der Waals surface area (Å²) in [5.41, 5.74) is 8.75. The molecule has 1 fully saturated rings. The number of fused-ring (bicyclic) bond motifs is 1. The maximum Gasteiger partial charge on any atom is 0.222 e. The van der Waals surface area contributed by atoms with E-state index < -0.39 is 0 Å². The highest BCUT2D eigenvalue weighted by atomic mass is 16.5. The fourth-order valence-electron chi connectivity index (χ4n) is 3.58. The number of aromatic nitrogens is 3. The van der Waals surface area contributed by atoms with Crippen LogP contribution in [0.15, 0.2) is 42.7 Å². The number of benzene rings is 1. The third kappa shape index (κ3) is 3.54. The van der Waals surface area contributed by atoms with E-state index in [1.165, 1.54) is 0 Å². The Morgan fingerprint density at radius 1 is 1.08 bits per heavy atom. The van der Waals surface area contributed by atoms with Gasteiger partial charge in [-0.25, -0.2) is 9.97 Å². The first kappa shape index (κ1) is 16.6. The number of hydrogen-bond donors (Lipinski definition) is 2. The number of pyridine rings is 1. The molecule has 134 valence electrons. The molecule has 2 aromatic heterocycles. The van der Waals surface area contributed by atoms with Crippen molar-refractivity contribution in [1.29, 1.82) is 0 Å². The average Bonchev–Trinajstić information content (AvgIpc) is 2.64. The molecular weight excluding hydrogens is 326 g/mol. The number of nitrogens with one attached hydrogen (secondary N) is 1. The van der Waals surface area contributed by atoms with Crippen LogP contribution in [0.1, 0.15) is 31.4 Å². The first-order valence-electron chi connectivity index (χ1n) is 9.05. The van der Waals surface area contributed by atoms with Crippen LogP contribution in [0, 0.1) is 6.92 Å². The van der Waals surface area contributed by atoms with E-state index in [9.17, 15) is 0 Å². The molecule has 0 aliphatic heterocycles. The summed E-state index contributed by atoms with van der Waals surface area (Å²) >= 11 is 0. The van der Waals surface area contributed by atoms with Gasteiger partial charge >= 0.3 is 0 Å². The van der Waals surface area contributed by atoms with Gasteiger partial charge < -0.3 is 15.8 Å². The summed E-state index contributed by atoms with van der Waals surface area (Å²) in [4.78, 5) is 13.0. The highest BCUT2D eigenvalue weighted by Gasteiger charge is 2.23. The molecule has 0 unspecified atom stereocenters. The molecule has 1 aliphatic rings. The Labute approximate surface area is 152 Å². The van der Waals surface area contributed by atoms with Gasteiger partial charge in [-0.1, -0.05) is 6.07 Å². The smallest absolute Gasteiger partial charge is 0.222 e. The second-order valence-electron chi connectivity index (χ2n) is 6.81. The zero-order valence-electron chi connectivity index (χ0n) is 14.9. The van der Waals surface area contributed by atoms with E-state index in [0.717, 1.165) is 53.7 Å². The van der Waals surface area contributed by atoms with Crippen LogP contribution in [0.25, 0.3) is 10.9 Å². The number of nitrogens with zero attached hydrogens (tertiary/aromatic N) is 3. The predicted molar refractivity (Wildman–Crippen MR) is 103 cm³/mol. The SMILES string of the molecule is Cc1cc(N)c2c(OC3CCC(Nc4ncccn4)CC3)cccc2n1. The van der Waals surface area contributed by atoms with Gasteiger partial charge in [-0.05, 0) is 56.9 Å². The van der Waals surface area contributed by atoms with Crippen LogP contribution in [-0.4, -0.2) is 27.1 Å². The lowest BCUT2D eigenvalue weighted by atomic mass is 9.93. The zero-order valence-corrected chi connectivity index (χ0v) is 14.9. The molecule has 1 aromatic carbocycles. The van der Waals surface area contributed by atoms with Gasteiger partial charge in [0, 0.05) is 29.8 Å². The van der Waals surface area contributed by atoms with E-state index in [1.54, 1.807) is 12.4 Å². The van der Waals surface area contributed by atoms with Gasteiger partial charge in [0.25, 0.3) is 0 Å². The Morgan fingerprint density at radius 3 is 2.62 bits per heavy atom. The van der Waals surface area contributed by atoms with Gasteiger partial charge in [0.2, 0.25) is 5.95 Å². The van der Waals surface area contributed by atoms with Crippen LogP contribution >= 0.6 is 0 Å². The third-order valence-electron chi connectivity index (χ3n) is 4.82. The molecule has 0 spiro atoms. The lowest BCUT2D eigenvalue weighted by molar-refractivity contribution is 0.152. The minimum absolute atomic E-state index is 0.191. The van der Waals surface area contributed by atoms with Gasteiger partial charge in [-0.3, -0.25) is 4.98 Å².